The van der Waals surface area contributed by atoms with Crippen LogP contribution in [0.15, 0.2) is 0 Å². The molecule has 0 amide bonds. The van der Waals surface area contributed by atoms with Gasteiger partial charge in [-0.2, -0.15) is 5.50 Å². The maximum Gasteiger partial charge on any atom is 0.303 e. The second-order valence-corrected chi connectivity index (χ2v) is 8.24. The molecular formula is C12H26ClN4O3P. The van der Waals surface area contributed by atoms with Crippen LogP contribution in [0.25, 0.3) is 0 Å². The van der Waals surface area contributed by atoms with Crippen LogP contribution in [0.4, 0.5) is 0 Å². The number of rotatable bonds is 3. The highest BCUT2D eigenvalue weighted by Gasteiger charge is 2.54. The van der Waals surface area contributed by atoms with Gasteiger partial charge in [0, 0.05) is 0 Å². The van der Waals surface area contributed by atoms with Crippen molar-refractivity contribution in [1.29, 1.82) is 0 Å². The molecule has 0 spiro atoms. The van der Waals surface area contributed by atoms with Gasteiger partial charge in [0.15, 0.2) is 0 Å². The highest BCUT2D eigenvalue weighted by atomic mass is 35.5. The lowest BCUT2D eigenvalue weighted by Crippen LogP contribution is -3.00. The van der Waals surface area contributed by atoms with E-state index >= 15 is 0 Å². The van der Waals surface area contributed by atoms with E-state index in [9.17, 15) is 0 Å². The first kappa shape index (κ1) is 17.8. The van der Waals surface area contributed by atoms with Gasteiger partial charge in [-0.15, -0.1) is 14.0 Å². The molecule has 0 aromatic rings. The monoisotopic (exact) mass is 340 g/mol. The van der Waals surface area contributed by atoms with E-state index in [1.807, 2.05) is 0 Å². The molecule has 3 heterocycles. The predicted molar refractivity (Wildman–Crippen MR) is 78.3 cm³/mol. The zero-order chi connectivity index (χ0) is 13.8. The van der Waals surface area contributed by atoms with Crippen LogP contribution in [0.1, 0.15) is 0 Å². The van der Waals surface area contributed by atoms with E-state index in [0.717, 1.165) is 78.9 Å². The molecule has 0 bridgehead atoms. The van der Waals surface area contributed by atoms with E-state index in [-0.39, 0.29) is 12.4 Å². The molecule has 0 aromatic carbocycles. The van der Waals surface area contributed by atoms with E-state index in [1.54, 1.807) is 0 Å². The summed E-state index contributed by atoms with van der Waals surface area (Å²) >= 11 is 0. The maximum atomic E-state index is 7.04. The zero-order valence-electron chi connectivity index (χ0n) is 12.5. The van der Waals surface area contributed by atoms with E-state index in [2.05, 4.69) is 14.0 Å². The minimum atomic E-state index is -1.94. The summed E-state index contributed by atoms with van der Waals surface area (Å²) in [5.74, 6) is 0. The van der Waals surface area contributed by atoms with Crippen LogP contribution in [-0.2, 0) is 14.2 Å². The highest BCUT2D eigenvalue weighted by Crippen LogP contribution is 2.61. The molecule has 0 unspecified atom stereocenters. The number of nitrogens with zero attached hydrogens (tertiary/aromatic N) is 3. The Morgan fingerprint density at radius 2 is 0.810 bits per heavy atom. The quantitative estimate of drug-likeness (QED) is 0.538. The first-order valence-corrected chi connectivity index (χ1v) is 9.20. The smallest absolute Gasteiger partial charge is 0.303 e. The number of nitrogens with two attached hydrogens (primary N) is 1. The van der Waals surface area contributed by atoms with Gasteiger partial charge in [0.05, 0.1) is 78.9 Å². The number of hydrogen-bond donors (Lipinski definition) is 1. The van der Waals surface area contributed by atoms with Crippen LogP contribution in [0.5, 0.6) is 0 Å². The topological polar surface area (TPSA) is 63.4 Å². The average molecular weight is 341 g/mol. The molecule has 2 N–H and O–H groups in total. The summed E-state index contributed by atoms with van der Waals surface area (Å²) in [7, 11) is -1.94. The number of halogens is 1. The number of morpholine rings is 3. The fourth-order valence-corrected chi connectivity index (χ4v) is 6.41. The van der Waals surface area contributed by atoms with Crippen LogP contribution in [0.2, 0.25) is 0 Å². The van der Waals surface area contributed by atoms with Crippen molar-refractivity contribution in [1.82, 2.24) is 14.0 Å². The minimum Gasteiger partial charge on any atom is -1.00 e. The molecule has 3 aliphatic heterocycles. The molecule has 0 aliphatic carbocycles. The second-order valence-electron chi connectivity index (χ2n) is 5.31. The molecule has 3 rings (SSSR count). The van der Waals surface area contributed by atoms with Gasteiger partial charge in [-0.25, -0.2) is 0 Å². The lowest BCUT2D eigenvalue weighted by molar-refractivity contribution is -0.00000690. The molecule has 3 fully saturated rings. The zero-order valence-corrected chi connectivity index (χ0v) is 14.1. The van der Waals surface area contributed by atoms with Crippen LogP contribution in [0.3, 0.4) is 0 Å². The second kappa shape index (κ2) is 8.34. The molecule has 0 aromatic heterocycles. The first-order chi connectivity index (χ1) is 9.82. The average Bonchev–Trinajstić information content (AvgIpc) is 2.56. The van der Waals surface area contributed by atoms with Gasteiger partial charge >= 0.3 is 7.87 Å². The fraction of sp³-hybridized carbons (Fsp3) is 1.00. The third kappa shape index (κ3) is 3.86. The predicted octanol–water partition coefficient (Wildman–Crippen LogP) is -3.38. The Hall–Kier alpha value is 0.440. The summed E-state index contributed by atoms with van der Waals surface area (Å²) in [5.41, 5.74) is 7.04. The van der Waals surface area contributed by atoms with Gasteiger partial charge in [-0.1, -0.05) is 0 Å². The summed E-state index contributed by atoms with van der Waals surface area (Å²) in [6, 6.07) is 0. The van der Waals surface area contributed by atoms with Gasteiger partial charge in [0.2, 0.25) is 0 Å². The van der Waals surface area contributed by atoms with Crippen molar-refractivity contribution >= 4 is 7.87 Å². The molecular weight excluding hydrogens is 315 g/mol. The Balaban J connectivity index is 0.00000161. The van der Waals surface area contributed by atoms with Gasteiger partial charge < -0.3 is 26.6 Å². The fourth-order valence-electron chi connectivity index (χ4n) is 3.08. The lowest BCUT2D eigenvalue weighted by Gasteiger charge is -2.47. The molecule has 124 valence electrons. The Labute approximate surface area is 133 Å². The van der Waals surface area contributed by atoms with E-state index < -0.39 is 7.87 Å². The first-order valence-electron chi connectivity index (χ1n) is 7.49. The lowest BCUT2D eigenvalue weighted by atomic mass is 10.5. The number of ether oxygens (including phenoxy) is 3. The van der Waals surface area contributed by atoms with Crippen molar-refractivity contribution in [3.05, 3.63) is 0 Å². The number of hydrogen-bond acceptors (Lipinski definition) is 7. The molecule has 3 saturated heterocycles. The molecule has 21 heavy (non-hydrogen) atoms. The largest absolute Gasteiger partial charge is 1.00 e. The van der Waals surface area contributed by atoms with E-state index in [0.29, 0.717) is 0 Å². The molecule has 0 saturated carbocycles. The van der Waals surface area contributed by atoms with Gasteiger partial charge in [0.1, 0.15) is 0 Å². The molecule has 0 radical (unpaired) electrons. The summed E-state index contributed by atoms with van der Waals surface area (Å²) in [6.07, 6.45) is 0. The summed E-state index contributed by atoms with van der Waals surface area (Å²) in [6.45, 7) is 10.3. The molecule has 9 heteroatoms. The van der Waals surface area contributed by atoms with Crippen LogP contribution in [0, 0.1) is 0 Å². The van der Waals surface area contributed by atoms with Crippen molar-refractivity contribution in [3.63, 3.8) is 0 Å². The van der Waals surface area contributed by atoms with E-state index in [4.69, 9.17) is 19.7 Å². The van der Waals surface area contributed by atoms with Crippen LogP contribution >= 0.6 is 7.87 Å². The van der Waals surface area contributed by atoms with Crippen molar-refractivity contribution < 1.29 is 26.6 Å². The van der Waals surface area contributed by atoms with Crippen molar-refractivity contribution in [3.8, 4) is 0 Å². The Bertz CT molecular complexity index is 265. The summed E-state index contributed by atoms with van der Waals surface area (Å²) < 4.78 is 23.9. The van der Waals surface area contributed by atoms with Crippen molar-refractivity contribution in [2.45, 2.75) is 0 Å². The standard InChI is InChI=1S/C12H26N4O3P.ClH/c13-20(14-1-7-17-8-2-14,15-3-9-18-10-4-15)16-5-11-19-12-6-16;/h1-13H2;1H/q+1;/p-1. The third-order valence-corrected chi connectivity index (χ3v) is 7.91. The van der Waals surface area contributed by atoms with Crippen molar-refractivity contribution in [2.75, 3.05) is 78.9 Å². The normalized spacial score (nSPS) is 27.3. The maximum absolute atomic E-state index is 7.04. The SMILES string of the molecule is N[P+](N1CCOCC1)(N1CCOCC1)N1CCOCC1.[Cl-]. The van der Waals surface area contributed by atoms with Crippen molar-refractivity contribution in [2.24, 2.45) is 5.50 Å². The Morgan fingerprint density at radius 1 is 0.571 bits per heavy atom. The Morgan fingerprint density at radius 3 is 1.05 bits per heavy atom. The summed E-state index contributed by atoms with van der Waals surface area (Å²) in [4.78, 5) is 0. The molecule has 3 aliphatic rings. The van der Waals surface area contributed by atoms with Gasteiger partial charge in [-0.05, 0) is 0 Å². The minimum absolute atomic E-state index is 0. The van der Waals surface area contributed by atoms with E-state index in [1.165, 1.54) is 0 Å². The molecule has 0 atom stereocenters. The molecule has 7 nitrogen and oxygen atoms in total. The van der Waals surface area contributed by atoms with Crippen LogP contribution in [-0.4, -0.2) is 92.9 Å². The summed E-state index contributed by atoms with van der Waals surface area (Å²) in [5, 5.41) is 0. The van der Waals surface area contributed by atoms with Gasteiger partial charge in [-0.3, -0.25) is 0 Å². The highest BCUT2D eigenvalue weighted by molar-refractivity contribution is 7.66. The van der Waals surface area contributed by atoms with Gasteiger partial charge in [0.25, 0.3) is 0 Å². The third-order valence-electron chi connectivity index (χ3n) is 4.21. The van der Waals surface area contributed by atoms with Crippen LogP contribution < -0.4 is 17.9 Å². The Kier molecular flexibility index (Phi) is 7.06.